The molecule has 0 spiro atoms. The second-order valence-corrected chi connectivity index (χ2v) is 7.69. The van der Waals surface area contributed by atoms with Gasteiger partial charge >= 0.3 is 0 Å². The third-order valence-electron chi connectivity index (χ3n) is 5.67. The van der Waals surface area contributed by atoms with Crippen molar-refractivity contribution in [3.63, 3.8) is 0 Å². The van der Waals surface area contributed by atoms with Gasteiger partial charge in [-0.15, -0.1) is 0 Å². The van der Waals surface area contributed by atoms with Crippen LogP contribution >= 0.6 is 0 Å². The van der Waals surface area contributed by atoms with E-state index in [1.807, 2.05) is 37.3 Å². The highest BCUT2D eigenvalue weighted by atomic mass is 16.5. The molecule has 4 rings (SSSR count). The maximum atomic E-state index is 13.1. The molecule has 156 valence electrons. The van der Waals surface area contributed by atoms with Gasteiger partial charge in [0.1, 0.15) is 18.7 Å². The van der Waals surface area contributed by atoms with Gasteiger partial charge in [0.2, 0.25) is 5.91 Å². The number of nitrogens with zero attached hydrogens (tertiary/aromatic N) is 2. The van der Waals surface area contributed by atoms with Crippen LogP contribution in [0, 0.1) is 0 Å². The first kappa shape index (κ1) is 20.2. The molecule has 0 radical (unpaired) electrons. The van der Waals surface area contributed by atoms with E-state index in [9.17, 15) is 14.4 Å². The van der Waals surface area contributed by atoms with Crippen molar-refractivity contribution < 1.29 is 19.1 Å². The number of likely N-dealkylation sites (tertiary alicyclic amines) is 1. The van der Waals surface area contributed by atoms with Crippen LogP contribution in [0.2, 0.25) is 0 Å². The minimum Gasteiger partial charge on any atom is -0.368 e. The standard InChI is InChI=1S/C23H25N3O4/c1-2-6-18(23(29)26-12-11-20-21(26)19(27)14-30-20)25-22(28)16-9-10-17(24-13-16)15-7-4-3-5-8-15/h3-5,7-10,13,18,20-21H,2,6,11-12,14H2,1H3,(H,25,28). The van der Waals surface area contributed by atoms with E-state index in [-0.39, 0.29) is 30.3 Å². The molecule has 0 saturated carbocycles. The van der Waals surface area contributed by atoms with E-state index < -0.39 is 12.1 Å². The number of carbonyl (C=O) groups is 3. The lowest BCUT2D eigenvalue weighted by Crippen LogP contribution is -2.52. The topological polar surface area (TPSA) is 88.6 Å². The van der Waals surface area contributed by atoms with E-state index in [2.05, 4.69) is 10.3 Å². The predicted octanol–water partition coefficient (Wildman–Crippen LogP) is 2.22. The summed E-state index contributed by atoms with van der Waals surface area (Å²) in [7, 11) is 0. The molecule has 30 heavy (non-hydrogen) atoms. The Kier molecular flexibility index (Phi) is 5.90. The third kappa shape index (κ3) is 3.98. The summed E-state index contributed by atoms with van der Waals surface area (Å²) < 4.78 is 5.47. The molecule has 7 nitrogen and oxygen atoms in total. The second-order valence-electron chi connectivity index (χ2n) is 7.69. The normalized spacial score (nSPS) is 21.4. The van der Waals surface area contributed by atoms with Crippen molar-refractivity contribution in [1.82, 2.24) is 15.2 Å². The fourth-order valence-corrected chi connectivity index (χ4v) is 4.14. The molecule has 2 aliphatic heterocycles. The summed E-state index contributed by atoms with van der Waals surface area (Å²) in [5.74, 6) is -0.628. The van der Waals surface area contributed by atoms with Crippen LogP contribution in [-0.2, 0) is 14.3 Å². The molecule has 3 heterocycles. The van der Waals surface area contributed by atoms with E-state index >= 15 is 0 Å². The van der Waals surface area contributed by atoms with Crippen LogP contribution in [0.1, 0.15) is 36.5 Å². The molecule has 2 amide bonds. The van der Waals surface area contributed by atoms with Crippen LogP contribution in [0.4, 0.5) is 0 Å². The van der Waals surface area contributed by atoms with Crippen LogP contribution in [0.15, 0.2) is 48.7 Å². The van der Waals surface area contributed by atoms with Gasteiger partial charge in [-0.2, -0.15) is 0 Å². The van der Waals surface area contributed by atoms with Crippen molar-refractivity contribution in [2.24, 2.45) is 0 Å². The summed E-state index contributed by atoms with van der Waals surface area (Å²) in [6.45, 7) is 2.49. The minimum atomic E-state index is -0.677. The molecule has 2 aliphatic rings. The average Bonchev–Trinajstić information content (AvgIpc) is 3.36. The zero-order valence-corrected chi connectivity index (χ0v) is 16.9. The highest BCUT2D eigenvalue weighted by Crippen LogP contribution is 2.28. The number of amides is 2. The molecule has 7 heteroatoms. The molecule has 1 N–H and O–H groups in total. The number of aromatic nitrogens is 1. The number of hydrogen-bond acceptors (Lipinski definition) is 5. The van der Waals surface area contributed by atoms with E-state index in [4.69, 9.17) is 4.74 Å². The Morgan fingerprint density at radius 1 is 1.23 bits per heavy atom. The second kappa shape index (κ2) is 8.75. The van der Waals surface area contributed by atoms with Crippen LogP contribution < -0.4 is 5.32 Å². The Balaban J connectivity index is 1.45. The Morgan fingerprint density at radius 2 is 2.03 bits per heavy atom. The van der Waals surface area contributed by atoms with Crippen LogP contribution in [-0.4, -0.2) is 58.8 Å². The maximum Gasteiger partial charge on any atom is 0.253 e. The fourth-order valence-electron chi connectivity index (χ4n) is 4.14. The van der Waals surface area contributed by atoms with Gasteiger partial charge in [-0.25, -0.2) is 0 Å². The van der Waals surface area contributed by atoms with Crippen molar-refractivity contribution in [3.05, 3.63) is 54.2 Å². The van der Waals surface area contributed by atoms with Crippen LogP contribution in [0.5, 0.6) is 0 Å². The molecular weight excluding hydrogens is 382 g/mol. The number of Topliss-reactive ketones (excluding diaryl/α,β-unsaturated/α-hetero) is 1. The molecule has 2 saturated heterocycles. The quantitative estimate of drug-likeness (QED) is 0.793. The van der Waals surface area contributed by atoms with E-state index in [0.717, 1.165) is 17.7 Å². The first-order chi connectivity index (χ1) is 14.6. The lowest BCUT2D eigenvalue weighted by atomic mass is 10.1. The minimum absolute atomic E-state index is 0.0589. The summed E-state index contributed by atoms with van der Waals surface area (Å²) >= 11 is 0. The van der Waals surface area contributed by atoms with Gasteiger partial charge in [-0.05, 0) is 25.0 Å². The lowest BCUT2D eigenvalue weighted by molar-refractivity contribution is -0.138. The number of fused-ring (bicyclic) bond motifs is 1. The zero-order valence-electron chi connectivity index (χ0n) is 16.9. The first-order valence-corrected chi connectivity index (χ1v) is 10.4. The average molecular weight is 407 g/mol. The van der Waals surface area contributed by atoms with E-state index in [0.29, 0.717) is 24.9 Å². The van der Waals surface area contributed by atoms with Gasteiger partial charge in [0.15, 0.2) is 5.78 Å². The van der Waals surface area contributed by atoms with Gasteiger partial charge in [0.05, 0.1) is 17.4 Å². The molecule has 3 unspecified atom stereocenters. The Hall–Kier alpha value is -3.06. The summed E-state index contributed by atoms with van der Waals surface area (Å²) in [5.41, 5.74) is 2.13. The highest BCUT2D eigenvalue weighted by molar-refractivity contribution is 5.99. The largest absolute Gasteiger partial charge is 0.368 e. The molecule has 3 atom stereocenters. The fraction of sp³-hybridized carbons (Fsp3) is 0.391. The number of nitrogens with one attached hydrogen (secondary N) is 1. The number of benzene rings is 1. The number of ether oxygens (including phenoxy) is 1. The van der Waals surface area contributed by atoms with Crippen molar-refractivity contribution in [2.45, 2.75) is 44.4 Å². The van der Waals surface area contributed by atoms with Crippen LogP contribution in [0.25, 0.3) is 11.3 Å². The number of hydrogen-bond donors (Lipinski definition) is 1. The SMILES string of the molecule is CCCC(NC(=O)c1ccc(-c2ccccc2)nc1)C(=O)N1CCC2OCC(=O)C21. The van der Waals surface area contributed by atoms with Crippen molar-refractivity contribution in [1.29, 1.82) is 0 Å². The van der Waals surface area contributed by atoms with Gasteiger partial charge in [-0.1, -0.05) is 43.7 Å². The summed E-state index contributed by atoms with van der Waals surface area (Å²) in [6, 6.07) is 12.0. The third-order valence-corrected chi connectivity index (χ3v) is 5.67. The highest BCUT2D eigenvalue weighted by Gasteiger charge is 2.47. The molecular formula is C23H25N3O4. The number of carbonyl (C=O) groups excluding carboxylic acids is 3. The van der Waals surface area contributed by atoms with Gasteiger partial charge in [-0.3, -0.25) is 19.4 Å². The first-order valence-electron chi connectivity index (χ1n) is 10.4. The smallest absolute Gasteiger partial charge is 0.253 e. The predicted molar refractivity (Wildman–Crippen MR) is 111 cm³/mol. The number of pyridine rings is 1. The Bertz CT molecular complexity index is 929. The number of ketones is 1. The van der Waals surface area contributed by atoms with Crippen molar-refractivity contribution >= 4 is 17.6 Å². The summed E-state index contributed by atoms with van der Waals surface area (Å²) in [6.07, 6.45) is 3.19. The maximum absolute atomic E-state index is 13.1. The molecule has 1 aromatic heterocycles. The lowest BCUT2D eigenvalue weighted by Gasteiger charge is -2.27. The zero-order chi connectivity index (χ0) is 21.1. The monoisotopic (exact) mass is 407 g/mol. The summed E-state index contributed by atoms with van der Waals surface area (Å²) in [5, 5.41) is 2.84. The molecule has 1 aromatic carbocycles. The van der Waals surface area contributed by atoms with Gasteiger partial charge in [0.25, 0.3) is 5.91 Å². The van der Waals surface area contributed by atoms with E-state index in [1.54, 1.807) is 17.0 Å². The van der Waals surface area contributed by atoms with Crippen LogP contribution in [0.3, 0.4) is 0 Å². The summed E-state index contributed by atoms with van der Waals surface area (Å²) in [4.78, 5) is 44.0. The molecule has 0 aliphatic carbocycles. The van der Waals surface area contributed by atoms with Crippen molar-refractivity contribution in [3.8, 4) is 11.3 Å². The molecule has 2 aromatic rings. The molecule has 2 fully saturated rings. The molecule has 0 bridgehead atoms. The van der Waals surface area contributed by atoms with Crippen molar-refractivity contribution in [2.75, 3.05) is 13.2 Å². The van der Waals surface area contributed by atoms with E-state index in [1.165, 1.54) is 6.20 Å². The Morgan fingerprint density at radius 3 is 2.73 bits per heavy atom. The Labute approximate surface area is 175 Å². The van der Waals surface area contributed by atoms with Gasteiger partial charge in [0, 0.05) is 18.3 Å². The van der Waals surface area contributed by atoms with Gasteiger partial charge < -0.3 is 15.0 Å². The number of rotatable bonds is 6.